The maximum atomic E-state index is 10.9. The van der Waals surface area contributed by atoms with E-state index < -0.39 is 5.97 Å². The van der Waals surface area contributed by atoms with Crippen LogP contribution >= 0.6 is 31.9 Å². The zero-order valence-electron chi connectivity index (χ0n) is 10.5. The zero-order chi connectivity index (χ0) is 14.2. The molecule has 0 saturated carbocycles. The number of hydrogen-bond acceptors (Lipinski definition) is 2. The summed E-state index contributed by atoms with van der Waals surface area (Å²) in [5, 5.41) is 13.4. The predicted octanol–water partition coefficient (Wildman–Crippen LogP) is 3.06. The Hall–Kier alpha value is -1.08. The van der Waals surface area contributed by atoms with Crippen molar-refractivity contribution in [3.05, 3.63) is 38.3 Å². The molecule has 0 saturated heterocycles. The Morgan fingerprint density at radius 2 is 2.16 bits per heavy atom. The fraction of sp³-hybridized carbons (Fsp3) is 0.333. The van der Waals surface area contributed by atoms with Crippen molar-refractivity contribution in [3.8, 4) is 0 Å². The van der Waals surface area contributed by atoms with Gasteiger partial charge >= 0.3 is 5.97 Å². The molecule has 0 aliphatic heterocycles. The number of halogens is 2. The molecule has 0 unspecified atom stereocenters. The van der Waals surface area contributed by atoms with E-state index in [0.717, 1.165) is 26.9 Å². The third kappa shape index (κ3) is 2.76. The predicted molar refractivity (Wildman–Crippen MR) is 78.5 cm³/mol. The van der Waals surface area contributed by atoms with Crippen molar-refractivity contribution in [2.75, 3.05) is 0 Å². The van der Waals surface area contributed by atoms with E-state index in [1.165, 1.54) is 0 Å². The van der Waals surface area contributed by atoms with Crippen LogP contribution in [0.25, 0.3) is 0 Å². The molecule has 2 rings (SSSR count). The molecule has 0 amide bonds. The van der Waals surface area contributed by atoms with E-state index in [4.69, 9.17) is 5.11 Å². The Kier molecular flexibility index (Phi) is 4.15. The summed E-state index contributed by atoms with van der Waals surface area (Å²) in [6.45, 7) is 2.60. The topological polar surface area (TPSA) is 60.0 Å². The molecule has 0 atom stereocenters. The van der Waals surface area contributed by atoms with Crippen LogP contribution in [0.15, 0.2) is 21.3 Å². The fourth-order valence-electron chi connectivity index (χ4n) is 1.87. The smallest absolute Gasteiger partial charge is 0.337 e. The molecule has 2 heterocycles. The molecule has 5 nitrogen and oxygen atoms in total. The third-order valence-electron chi connectivity index (χ3n) is 2.91. The highest BCUT2D eigenvalue weighted by Gasteiger charge is 2.15. The minimum absolute atomic E-state index is 0.265. The largest absolute Gasteiger partial charge is 0.478 e. The van der Waals surface area contributed by atoms with Gasteiger partial charge in [-0.05, 0) is 44.3 Å². The second-order valence-corrected chi connectivity index (χ2v) is 5.77. The van der Waals surface area contributed by atoms with Crippen molar-refractivity contribution in [3.63, 3.8) is 0 Å². The van der Waals surface area contributed by atoms with E-state index in [-0.39, 0.29) is 5.56 Å². The Morgan fingerprint density at radius 1 is 1.47 bits per heavy atom. The summed E-state index contributed by atoms with van der Waals surface area (Å²) < 4.78 is 5.37. The number of carboxylic acids is 1. The Balaban J connectivity index is 2.36. The number of rotatable bonds is 4. The summed E-state index contributed by atoms with van der Waals surface area (Å²) in [7, 11) is 1.88. The molecule has 102 valence electrons. The van der Waals surface area contributed by atoms with E-state index in [0.29, 0.717) is 6.54 Å². The summed E-state index contributed by atoms with van der Waals surface area (Å²) in [4.78, 5) is 10.9. The van der Waals surface area contributed by atoms with Gasteiger partial charge in [0.05, 0.1) is 32.6 Å². The Labute approximate surface area is 127 Å². The van der Waals surface area contributed by atoms with E-state index in [9.17, 15) is 4.79 Å². The van der Waals surface area contributed by atoms with Gasteiger partial charge in [-0.1, -0.05) is 6.92 Å². The fourth-order valence-corrected chi connectivity index (χ4v) is 3.09. The van der Waals surface area contributed by atoms with Crippen molar-refractivity contribution < 1.29 is 9.90 Å². The monoisotopic (exact) mass is 389 g/mol. The average molecular weight is 391 g/mol. The Bertz CT molecular complexity index is 631. The summed E-state index contributed by atoms with van der Waals surface area (Å²) in [6, 6.07) is 1.59. The molecular weight excluding hydrogens is 378 g/mol. The number of carbonyl (C=O) groups is 1. The van der Waals surface area contributed by atoms with Gasteiger partial charge in [0.25, 0.3) is 0 Å². The van der Waals surface area contributed by atoms with Gasteiger partial charge in [0, 0.05) is 13.2 Å². The quantitative estimate of drug-likeness (QED) is 0.872. The van der Waals surface area contributed by atoms with Crippen LogP contribution in [0.1, 0.15) is 28.7 Å². The summed E-state index contributed by atoms with van der Waals surface area (Å²) in [5.41, 5.74) is 2.27. The molecule has 0 fully saturated rings. The molecule has 0 aromatic carbocycles. The van der Waals surface area contributed by atoms with Crippen LogP contribution in [0.2, 0.25) is 0 Å². The van der Waals surface area contributed by atoms with Gasteiger partial charge in [0.1, 0.15) is 0 Å². The normalized spacial score (nSPS) is 10.9. The van der Waals surface area contributed by atoms with Crippen LogP contribution < -0.4 is 0 Å². The van der Waals surface area contributed by atoms with Gasteiger partial charge in [-0.2, -0.15) is 5.10 Å². The van der Waals surface area contributed by atoms with Crippen LogP contribution in [0.4, 0.5) is 0 Å². The molecule has 2 aromatic rings. The highest BCUT2D eigenvalue weighted by atomic mass is 79.9. The number of carboxylic acid groups (broad SMARTS) is 1. The maximum Gasteiger partial charge on any atom is 0.337 e. The SMILES string of the molecule is CCc1nn(C)c(Cn2cc(C(=O)O)cc2Br)c1Br. The van der Waals surface area contributed by atoms with Crippen molar-refractivity contribution in [2.24, 2.45) is 7.05 Å². The second-order valence-electron chi connectivity index (χ2n) is 4.17. The molecular formula is C12H13Br2N3O2. The number of nitrogens with zero attached hydrogens (tertiary/aromatic N) is 3. The van der Waals surface area contributed by atoms with Crippen molar-refractivity contribution >= 4 is 37.8 Å². The van der Waals surface area contributed by atoms with Crippen LogP contribution in [0.5, 0.6) is 0 Å². The minimum atomic E-state index is -0.933. The van der Waals surface area contributed by atoms with Crippen molar-refractivity contribution in [2.45, 2.75) is 19.9 Å². The lowest BCUT2D eigenvalue weighted by Gasteiger charge is -2.06. The van der Waals surface area contributed by atoms with Gasteiger partial charge in [-0.3, -0.25) is 4.68 Å². The minimum Gasteiger partial charge on any atom is -0.478 e. The van der Waals surface area contributed by atoms with Gasteiger partial charge in [-0.15, -0.1) is 0 Å². The summed E-state index contributed by atoms with van der Waals surface area (Å²) >= 11 is 6.92. The second kappa shape index (κ2) is 5.50. The summed E-state index contributed by atoms with van der Waals surface area (Å²) in [5.74, 6) is -0.933. The standard InChI is InChI=1S/C12H13Br2N3O2/c1-3-8-11(14)9(16(2)15-8)6-17-5-7(12(18)19)4-10(17)13/h4-5H,3,6H2,1-2H3,(H,18,19). The number of aromatic nitrogens is 3. The number of aryl methyl sites for hydroxylation is 2. The molecule has 2 aromatic heterocycles. The van der Waals surface area contributed by atoms with Crippen molar-refractivity contribution in [1.82, 2.24) is 14.3 Å². The first-order chi connectivity index (χ1) is 8.93. The van der Waals surface area contributed by atoms with Crippen LogP contribution in [0.3, 0.4) is 0 Å². The average Bonchev–Trinajstić information content (AvgIpc) is 2.85. The lowest BCUT2D eigenvalue weighted by atomic mass is 10.3. The molecule has 19 heavy (non-hydrogen) atoms. The van der Waals surface area contributed by atoms with Gasteiger partial charge in [0.15, 0.2) is 0 Å². The van der Waals surface area contributed by atoms with E-state index in [2.05, 4.69) is 37.0 Å². The zero-order valence-corrected chi connectivity index (χ0v) is 13.7. The Morgan fingerprint density at radius 3 is 2.63 bits per heavy atom. The third-order valence-corrected chi connectivity index (χ3v) is 4.51. The van der Waals surface area contributed by atoms with Crippen LogP contribution in [0, 0.1) is 0 Å². The number of aromatic carboxylic acids is 1. The number of hydrogen-bond donors (Lipinski definition) is 1. The molecule has 0 bridgehead atoms. The lowest BCUT2D eigenvalue weighted by Crippen LogP contribution is -2.05. The van der Waals surface area contributed by atoms with Crippen LogP contribution in [-0.4, -0.2) is 25.4 Å². The molecule has 7 heteroatoms. The molecule has 1 N–H and O–H groups in total. The van der Waals surface area contributed by atoms with E-state index in [1.807, 2.05) is 23.2 Å². The van der Waals surface area contributed by atoms with Crippen LogP contribution in [-0.2, 0) is 20.0 Å². The van der Waals surface area contributed by atoms with E-state index >= 15 is 0 Å². The maximum absolute atomic E-state index is 10.9. The first-order valence-corrected chi connectivity index (χ1v) is 7.31. The van der Waals surface area contributed by atoms with Gasteiger partial charge in [-0.25, -0.2) is 4.79 Å². The van der Waals surface area contributed by atoms with E-state index in [1.54, 1.807) is 12.3 Å². The first kappa shape index (κ1) is 14.3. The highest BCUT2D eigenvalue weighted by molar-refractivity contribution is 9.10. The highest BCUT2D eigenvalue weighted by Crippen LogP contribution is 2.24. The first-order valence-electron chi connectivity index (χ1n) is 5.73. The molecule has 0 aliphatic carbocycles. The molecule has 0 spiro atoms. The van der Waals surface area contributed by atoms with Gasteiger partial charge in [0.2, 0.25) is 0 Å². The lowest BCUT2D eigenvalue weighted by molar-refractivity contribution is 0.0697. The summed E-state index contributed by atoms with van der Waals surface area (Å²) in [6.07, 6.45) is 2.46. The molecule has 0 radical (unpaired) electrons. The van der Waals surface area contributed by atoms with Crippen molar-refractivity contribution in [1.29, 1.82) is 0 Å². The molecule has 0 aliphatic rings. The van der Waals surface area contributed by atoms with Gasteiger partial charge < -0.3 is 9.67 Å².